The standard InChI is InChI=1S/C35H36N2O7S/c1-6-41-26-17-22(7-9-24(26)42-12-11-19(2)3)31-29(32(38)23-8-10-25-27(18-23)44-14-13-43-25)33(39)34(40)37(31)35-36-30-21(5)15-20(4)16-28(30)45-35/h7-10,15-19,31,38H,6,11-14H2,1-5H3/t31-/m0/s1. The van der Waals surface area contributed by atoms with Crippen LogP contribution in [0.15, 0.2) is 54.1 Å². The average Bonchev–Trinajstić information content (AvgIpc) is 3.55. The maximum absolute atomic E-state index is 13.9. The number of benzene rings is 3. The first-order valence-electron chi connectivity index (χ1n) is 15.1. The third-order valence-corrected chi connectivity index (χ3v) is 8.82. The Kier molecular flexibility index (Phi) is 8.42. The molecule has 1 saturated heterocycles. The van der Waals surface area contributed by atoms with Gasteiger partial charge in [0.2, 0.25) is 0 Å². The molecule has 1 N–H and O–H groups in total. The van der Waals surface area contributed by atoms with Gasteiger partial charge in [0.1, 0.15) is 19.0 Å². The van der Waals surface area contributed by atoms with Gasteiger partial charge < -0.3 is 24.1 Å². The second kappa shape index (κ2) is 12.4. The summed E-state index contributed by atoms with van der Waals surface area (Å²) in [5.74, 6) is 0.620. The van der Waals surface area contributed by atoms with Gasteiger partial charge in [-0.25, -0.2) is 4.98 Å². The number of ether oxygens (including phenoxy) is 4. The maximum atomic E-state index is 13.9. The van der Waals surface area contributed by atoms with Crippen molar-refractivity contribution in [3.8, 4) is 23.0 Å². The molecule has 4 aromatic rings. The van der Waals surface area contributed by atoms with Gasteiger partial charge in [-0.2, -0.15) is 0 Å². The largest absolute Gasteiger partial charge is 0.507 e. The summed E-state index contributed by atoms with van der Waals surface area (Å²) < 4.78 is 24.3. The van der Waals surface area contributed by atoms with Crippen molar-refractivity contribution in [2.75, 3.05) is 31.3 Å². The summed E-state index contributed by atoms with van der Waals surface area (Å²) in [5, 5.41) is 12.1. The van der Waals surface area contributed by atoms with Crippen LogP contribution in [0.1, 0.15) is 55.5 Å². The number of amides is 1. The molecule has 1 fully saturated rings. The average molecular weight is 629 g/mol. The van der Waals surface area contributed by atoms with Crippen molar-refractivity contribution in [3.05, 3.63) is 76.4 Å². The van der Waals surface area contributed by atoms with Gasteiger partial charge in [0.15, 0.2) is 28.1 Å². The lowest BCUT2D eigenvalue weighted by atomic mass is 9.95. The Morgan fingerprint density at radius 3 is 2.56 bits per heavy atom. The number of fused-ring (bicyclic) bond motifs is 2. The summed E-state index contributed by atoms with van der Waals surface area (Å²) in [5.41, 5.74) is 3.65. The van der Waals surface area contributed by atoms with Crippen LogP contribution >= 0.6 is 11.3 Å². The summed E-state index contributed by atoms with van der Waals surface area (Å²) in [6.45, 7) is 11.8. The Hall–Kier alpha value is -4.57. The van der Waals surface area contributed by atoms with Crippen LogP contribution in [-0.4, -0.2) is 48.2 Å². The van der Waals surface area contributed by atoms with Crippen molar-refractivity contribution < 1.29 is 33.6 Å². The fourth-order valence-electron chi connectivity index (χ4n) is 5.64. The third kappa shape index (κ3) is 5.82. The normalized spacial score (nSPS) is 17.4. The van der Waals surface area contributed by atoms with Crippen LogP contribution in [0.2, 0.25) is 0 Å². The minimum absolute atomic E-state index is 0.0558. The number of nitrogens with zero attached hydrogens (tertiary/aromatic N) is 2. The highest BCUT2D eigenvalue weighted by atomic mass is 32.1. The monoisotopic (exact) mass is 628 g/mol. The summed E-state index contributed by atoms with van der Waals surface area (Å²) in [7, 11) is 0. The van der Waals surface area contributed by atoms with E-state index in [0.29, 0.717) is 71.6 Å². The van der Waals surface area contributed by atoms with Crippen LogP contribution in [0.5, 0.6) is 23.0 Å². The number of Topliss-reactive ketones (excluding diaryl/α,β-unsaturated/α-hetero) is 1. The molecule has 2 aliphatic heterocycles. The number of ketones is 1. The number of aliphatic hydroxyl groups is 1. The minimum Gasteiger partial charge on any atom is -0.507 e. The molecule has 6 rings (SSSR count). The number of aromatic nitrogens is 1. The summed E-state index contributed by atoms with van der Waals surface area (Å²) in [6, 6.07) is 13.4. The molecule has 1 atom stereocenters. The lowest BCUT2D eigenvalue weighted by Gasteiger charge is -2.24. The van der Waals surface area contributed by atoms with Gasteiger partial charge in [-0.3, -0.25) is 14.5 Å². The molecule has 0 bridgehead atoms. The van der Waals surface area contributed by atoms with E-state index in [1.54, 1.807) is 36.4 Å². The van der Waals surface area contributed by atoms with Crippen LogP contribution in [0.25, 0.3) is 16.0 Å². The molecule has 9 nitrogen and oxygen atoms in total. The van der Waals surface area contributed by atoms with E-state index in [0.717, 1.165) is 27.8 Å². The topological polar surface area (TPSA) is 107 Å². The number of anilines is 1. The highest BCUT2D eigenvalue weighted by Crippen LogP contribution is 2.47. The van der Waals surface area contributed by atoms with Crippen molar-refractivity contribution in [1.29, 1.82) is 0 Å². The van der Waals surface area contributed by atoms with Crippen molar-refractivity contribution >= 4 is 44.1 Å². The van der Waals surface area contributed by atoms with Gasteiger partial charge in [0, 0.05) is 5.56 Å². The van der Waals surface area contributed by atoms with Gasteiger partial charge in [-0.1, -0.05) is 37.3 Å². The zero-order valence-electron chi connectivity index (χ0n) is 26.0. The van der Waals surface area contributed by atoms with Gasteiger partial charge in [0.05, 0.1) is 35.0 Å². The van der Waals surface area contributed by atoms with Gasteiger partial charge in [0.25, 0.3) is 5.78 Å². The van der Waals surface area contributed by atoms with Crippen LogP contribution in [0.4, 0.5) is 5.13 Å². The molecule has 2 aliphatic rings. The number of rotatable bonds is 9. The minimum atomic E-state index is -0.982. The van der Waals surface area contributed by atoms with E-state index in [9.17, 15) is 14.7 Å². The fraction of sp³-hybridized carbons (Fsp3) is 0.343. The summed E-state index contributed by atoms with van der Waals surface area (Å²) >= 11 is 1.33. The molecular weight excluding hydrogens is 592 g/mol. The summed E-state index contributed by atoms with van der Waals surface area (Å²) in [4.78, 5) is 33.9. The fourth-order valence-corrected chi connectivity index (χ4v) is 6.81. The van der Waals surface area contributed by atoms with Gasteiger partial charge in [-0.05, 0) is 86.2 Å². The van der Waals surface area contributed by atoms with Crippen LogP contribution in [-0.2, 0) is 9.59 Å². The number of hydrogen-bond acceptors (Lipinski definition) is 9. The Labute approximate surface area is 266 Å². The molecule has 10 heteroatoms. The van der Waals surface area contributed by atoms with Crippen LogP contribution in [0.3, 0.4) is 0 Å². The van der Waals surface area contributed by atoms with Crippen LogP contribution in [0, 0.1) is 19.8 Å². The highest BCUT2D eigenvalue weighted by Gasteiger charge is 2.48. The van der Waals surface area contributed by atoms with Gasteiger partial charge in [-0.15, -0.1) is 0 Å². The number of thiazole rings is 1. The number of hydrogen-bond donors (Lipinski definition) is 1. The smallest absolute Gasteiger partial charge is 0.301 e. The first kappa shape index (κ1) is 30.5. The SMILES string of the molecule is CCOc1cc([C@H]2C(=C(O)c3ccc4c(c3)OCCO4)C(=O)C(=O)N2c2nc3c(C)cc(C)cc3s2)ccc1OCCC(C)C. The molecule has 0 spiro atoms. The lowest BCUT2D eigenvalue weighted by molar-refractivity contribution is -0.132. The number of aliphatic hydroxyl groups excluding tert-OH is 1. The molecule has 0 unspecified atom stereocenters. The van der Waals surface area contributed by atoms with E-state index in [-0.39, 0.29) is 11.3 Å². The quantitative estimate of drug-likeness (QED) is 0.118. The molecule has 234 valence electrons. The van der Waals surface area contributed by atoms with E-state index in [4.69, 9.17) is 23.9 Å². The number of aryl methyl sites for hydroxylation is 2. The molecule has 1 aromatic heterocycles. The van der Waals surface area contributed by atoms with Crippen molar-refractivity contribution in [3.63, 3.8) is 0 Å². The van der Waals surface area contributed by atoms with Gasteiger partial charge >= 0.3 is 5.91 Å². The van der Waals surface area contributed by atoms with E-state index in [1.165, 1.54) is 16.2 Å². The second-order valence-electron chi connectivity index (χ2n) is 11.6. The van der Waals surface area contributed by atoms with E-state index in [2.05, 4.69) is 13.8 Å². The zero-order chi connectivity index (χ0) is 31.8. The Morgan fingerprint density at radius 1 is 1.02 bits per heavy atom. The van der Waals surface area contributed by atoms with Crippen molar-refractivity contribution in [2.45, 2.75) is 47.1 Å². The molecule has 1 amide bonds. The lowest BCUT2D eigenvalue weighted by Crippen LogP contribution is -2.29. The van der Waals surface area contributed by atoms with Crippen LogP contribution < -0.4 is 23.8 Å². The molecule has 3 aromatic carbocycles. The zero-order valence-corrected chi connectivity index (χ0v) is 26.8. The second-order valence-corrected chi connectivity index (χ2v) is 12.6. The predicted octanol–water partition coefficient (Wildman–Crippen LogP) is 7.13. The predicted molar refractivity (Wildman–Crippen MR) is 174 cm³/mol. The third-order valence-electron chi connectivity index (χ3n) is 7.82. The molecule has 45 heavy (non-hydrogen) atoms. The first-order valence-corrected chi connectivity index (χ1v) is 16.0. The van der Waals surface area contributed by atoms with E-state index < -0.39 is 17.7 Å². The van der Waals surface area contributed by atoms with Crippen molar-refractivity contribution in [1.82, 2.24) is 4.98 Å². The first-order chi connectivity index (χ1) is 21.7. The molecule has 0 saturated carbocycles. The highest BCUT2D eigenvalue weighted by molar-refractivity contribution is 7.22. The number of carbonyl (C=O) groups excluding carboxylic acids is 2. The molecular formula is C35H36N2O7S. The molecule has 3 heterocycles. The maximum Gasteiger partial charge on any atom is 0.301 e. The number of carbonyl (C=O) groups is 2. The van der Waals surface area contributed by atoms with Crippen molar-refractivity contribution in [2.24, 2.45) is 5.92 Å². The van der Waals surface area contributed by atoms with E-state index >= 15 is 0 Å². The summed E-state index contributed by atoms with van der Waals surface area (Å²) in [6.07, 6.45) is 0.875. The Bertz CT molecular complexity index is 1830. The Morgan fingerprint density at radius 2 is 1.80 bits per heavy atom. The molecule has 0 aliphatic carbocycles. The van der Waals surface area contributed by atoms with E-state index in [1.807, 2.05) is 32.9 Å². The molecule has 0 radical (unpaired) electrons. The Balaban J connectivity index is 1.51.